The van der Waals surface area contributed by atoms with Crippen molar-refractivity contribution < 1.29 is 14.3 Å². The average molecular weight is 393 g/mol. The first-order chi connectivity index (χ1) is 13.0. The predicted octanol–water partition coefficient (Wildman–Crippen LogP) is 0.848. The molecule has 144 valence electrons. The smallest absolute Gasteiger partial charge is 0.325 e. The molecule has 0 aliphatic carbocycles. The van der Waals surface area contributed by atoms with Crippen LogP contribution in [-0.4, -0.2) is 72.9 Å². The summed E-state index contributed by atoms with van der Waals surface area (Å²) in [6.45, 7) is 3.31. The lowest BCUT2D eigenvalue weighted by Crippen LogP contribution is -2.64. The molecule has 1 aromatic rings. The number of benzene rings is 1. The molecule has 2 aliphatic heterocycles. The minimum absolute atomic E-state index is 0.393. The SMILES string of the molecule is CCOCCN1C(N/N=C/c2ccccc2Cl)=NC2C1C(=O)NC(=O)N2C. The second-order valence-electron chi connectivity index (χ2n) is 6.00. The maximum Gasteiger partial charge on any atom is 0.325 e. The summed E-state index contributed by atoms with van der Waals surface area (Å²) in [5, 5.41) is 7.09. The Morgan fingerprint density at radius 3 is 2.93 bits per heavy atom. The van der Waals surface area contributed by atoms with E-state index in [1.165, 1.54) is 4.90 Å². The summed E-state index contributed by atoms with van der Waals surface area (Å²) >= 11 is 6.11. The quantitative estimate of drug-likeness (QED) is 0.425. The van der Waals surface area contributed by atoms with Gasteiger partial charge in [0.25, 0.3) is 5.91 Å². The van der Waals surface area contributed by atoms with Crippen molar-refractivity contribution in [1.29, 1.82) is 0 Å². The Morgan fingerprint density at radius 2 is 2.19 bits per heavy atom. The van der Waals surface area contributed by atoms with Gasteiger partial charge >= 0.3 is 6.03 Å². The number of nitrogens with one attached hydrogen (secondary N) is 2. The summed E-state index contributed by atoms with van der Waals surface area (Å²) in [5.74, 6) is -0.0000569. The number of hydrogen-bond donors (Lipinski definition) is 2. The third-order valence-corrected chi connectivity index (χ3v) is 4.66. The molecular weight excluding hydrogens is 372 g/mol. The molecule has 1 fully saturated rings. The molecule has 0 radical (unpaired) electrons. The number of guanidine groups is 1. The van der Waals surface area contributed by atoms with Gasteiger partial charge in [-0.2, -0.15) is 5.10 Å². The molecule has 2 N–H and O–H groups in total. The molecule has 1 aromatic carbocycles. The number of amides is 3. The fourth-order valence-corrected chi connectivity index (χ4v) is 3.09. The molecule has 2 aliphatic rings. The van der Waals surface area contributed by atoms with Crippen LogP contribution in [0.3, 0.4) is 0 Å². The molecule has 0 bridgehead atoms. The predicted molar refractivity (Wildman–Crippen MR) is 102 cm³/mol. The van der Waals surface area contributed by atoms with Crippen LogP contribution in [0.25, 0.3) is 0 Å². The van der Waals surface area contributed by atoms with Gasteiger partial charge in [0.2, 0.25) is 5.96 Å². The summed E-state index contributed by atoms with van der Waals surface area (Å²) in [5.41, 5.74) is 3.60. The Morgan fingerprint density at radius 1 is 1.41 bits per heavy atom. The Labute approximate surface area is 162 Å². The van der Waals surface area contributed by atoms with Crippen LogP contribution in [0.2, 0.25) is 5.02 Å². The maximum atomic E-state index is 12.4. The lowest BCUT2D eigenvalue weighted by atomic mass is 10.1. The van der Waals surface area contributed by atoms with Crippen LogP contribution >= 0.6 is 11.6 Å². The monoisotopic (exact) mass is 392 g/mol. The van der Waals surface area contributed by atoms with Crippen LogP contribution in [-0.2, 0) is 9.53 Å². The molecule has 10 heteroatoms. The topological polar surface area (TPSA) is 98.6 Å². The van der Waals surface area contributed by atoms with Crippen molar-refractivity contribution in [3.05, 3.63) is 34.9 Å². The molecule has 2 atom stereocenters. The first kappa shape index (κ1) is 19.1. The van der Waals surface area contributed by atoms with Crippen LogP contribution in [0, 0.1) is 0 Å². The summed E-state index contributed by atoms with van der Waals surface area (Å²) in [7, 11) is 1.60. The van der Waals surface area contributed by atoms with Gasteiger partial charge in [-0.3, -0.25) is 10.1 Å². The van der Waals surface area contributed by atoms with Gasteiger partial charge in [-0.15, -0.1) is 0 Å². The van der Waals surface area contributed by atoms with E-state index in [-0.39, 0.29) is 0 Å². The van der Waals surface area contributed by atoms with Crippen molar-refractivity contribution >= 4 is 35.7 Å². The van der Waals surface area contributed by atoms with E-state index in [0.29, 0.717) is 30.7 Å². The number of ether oxygens (including phenoxy) is 1. The second-order valence-corrected chi connectivity index (χ2v) is 6.41. The number of likely N-dealkylation sites (N-methyl/N-ethyl adjacent to an activating group) is 1. The number of nitrogens with zero attached hydrogens (tertiary/aromatic N) is 4. The average Bonchev–Trinajstić information content (AvgIpc) is 3.01. The summed E-state index contributed by atoms with van der Waals surface area (Å²) in [4.78, 5) is 31.9. The molecule has 0 saturated carbocycles. The van der Waals surface area contributed by atoms with Crippen LogP contribution in [0.5, 0.6) is 0 Å². The van der Waals surface area contributed by atoms with E-state index in [2.05, 4.69) is 20.8 Å². The van der Waals surface area contributed by atoms with Gasteiger partial charge in [0.05, 0.1) is 12.8 Å². The van der Waals surface area contributed by atoms with Crippen molar-refractivity contribution in [3.63, 3.8) is 0 Å². The molecular formula is C17H21ClN6O3. The van der Waals surface area contributed by atoms with Gasteiger partial charge in [-0.25, -0.2) is 15.2 Å². The van der Waals surface area contributed by atoms with Crippen molar-refractivity contribution in [2.75, 3.05) is 26.8 Å². The Kier molecular flexibility index (Phi) is 5.92. The first-order valence-corrected chi connectivity index (χ1v) is 8.94. The zero-order valence-electron chi connectivity index (χ0n) is 15.1. The third-order valence-electron chi connectivity index (χ3n) is 4.31. The van der Waals surface area contributed by atoms with Gasteiger partial charge in [-0.1, -0.05) is 29.8 Å². The van der Waals surface area contributed by atoms with Crippen molar-refractivity contribution in [2.45, 2.75) is 19.1 Å². The number of carbonyl (C=O) groups is 2. The van der Waals surface area contributed by atoms with Gasteiger partial charge in [0.15, 0.2) is 12.2 Å². The third kappa shape index (κ3) is 4.04. The van der Waals surface area contributed by atoms with Crippen molar-refractivity contribution in [2.24, 2.45) is 10.1 Å². The summed E-state index contributed by atoms with van der Waals surface area (Å²) in [6, 6.07) is 6.18. The Balaban J connectivity index is 1.78. The molecule has 2 heterocycles. The van der Waals surface area contributed by atoms with Gasteiger partial charge < -0.3 is 14.5 Å². The fraction of sp³-hybridized carbons (Fsp3) is 0.412. The molecule has 2 unspecified atom stereocenters. The van der Waals surface area contributed by atoms with Gasteiger partial charge in [-0.05, 0) is 13.0 Å². The molecule has 3 amide bonds. The molecule has 1 saturated heterocycles. The van der Waals surface area contributed by atoms with E-state index >= 15 is 0 Å². The number of hydrazone groups is 1. The van der Waals surface area contributed by atoms with E-state index in [1.807, 2.05) is 25.1 Å². The molecule has 0 spiro atoms. The standard InChI is InChI=1S/C17H21ClN6O3/c1-3-27-9-8-24-13-14(23(2)17(26)21-15(13)25)20-16(24)22-19-10-11-6-4-5-7-12(11)18/h4-7,10,13-14H,3,8-9H2,1-2H3,(H,20,22)(H,21,25,26)/b19-10+. The highest BCUT2D eigenvalue weighted by Crippen LogP contribution is 2.23. The maximum absolute atomic E-state index is 12.4. The van der Waals surface area contributed by atoms with E-state index in [0.717, 1.165) is 5.56 Å². The van der Waals surface area contributed by atoms with E-state index in [1.54, 1.807) is 24.2 Å². The summed E-state index contributed by atoms with van der Waals surface area (Å²) < 4.78 is 5.40. The Bertz CT molecular complexity index is 784. The first-order valence-electron chi connectivity index (χ1n) is 8.56. The van der Waals surface area contributed by atoms with E-state index in [4.69, 9.17) is 16.3 Å². The lowest BCUT2D eigenvalue weighted by Gasteiger charge is -2.35. The highest BCUT2D eigenvalue weighted by atomic mass is 35.5. The van der Waals surface area contributed by atoms with Crippen LogP contribution < -0.4 is 10.7 Å². The zero-order valence-corrected chi connectivity index (χ0v) is 15.8. The minimum atomic E-state index is -0.633. The Hall–Kier alpha value is -2.65. The van der Waals surface area contributed by atoms with Gasteiger partial charge in [0, 0.05) is 30.8 Å². The summed E-state index contributed by atoms with van der Waals surface area (Å²) in [6.07, 6.45) is 0.952. The van der Waals surface area contributed by atoms with E-state index < -0.39 is 24.1 Å². The van der Waals surface area contributed by atoms with Crippen molar-refractivity contribution in [3.8, 4) is 0 Å². The molecule has 3 rings (SSSR count). The number of rotatable bonds is 6. The highest BCUT2D eigenvalue weighted by molar-refractivity contribution is 6.33. The van der Waals surface area contributed by atoms with Crippen LogP contribution in [0.15, 0.2) is 34.4 Å². The lowest BCUT2D eigenvalue weighted by molar-refractivity contribution is -0.127. The number of urea groups is 1. The number of fused-ring (bicyclic) bond motifs is 1. The number of hydrogen-bond acceptors (Lipinski definition) is 7. The highest BCUT2D eigenvalue weighted by Gasteiger charge is 2.48. The van der Waals surface area contributed by atoms with E-state index in [9.17, 15) is 9.59 Å². The minimum Gasteiger partial charge on any atom is -0.380 e. The molecule has 0 aromatic heterocycles. The van der Waals surface area contributed by atoms with Crippen LogP contribution in [0.4, 0.5) is 4.79 Å². The number of carbonyl (C=O) groups excluding carboxylic acids is 2. The normalized spacial score (nSPS) is 22.1. The van der Waals surface area contributed by atoms with Gasteiger partial charge in [0.1, 0.15) is 0 Å². The van der Waals surface area contributed by atoms with Crippen LogP contribution in [0.1, 0.15) is 12.5 Å². The second kappa shape index (κ2) is 8.36. The van der Waals surface area contributed by atoms with Crippen molar-refractivity contribution in [1.82, 2.24) is 20.5 Å². The molecule has 9 nitrogen and oxygen atoms in total. The largest absolute Gasteiger partial charge is 0.380 e. The molecule has 27 heavy (non-hydrogen) atoms. The number of halogens is 1. The number of imide groups is 1. The fourth-order valence-electron chi connectivity index (χ4n) is 2.91. The number of aliphatic imine (C=N–C) groups is 1. The zero-order chi connectivity index (χ0) is 19.4.